The molecular formula is C10H18Br4O. The lowest BCUT2D eigenvalue weighted by Gasteiger charge is -2.16. The Kier molecular flexibility index (Phi) is 13.9. The zero-order valence-corrected chi connectivity index (χ0v) is 15.1. The van der Waals surface area contributed by atoms with Crippen LogP contribution < -0.4 is 0 Å². The Balaban J connectivity index is 3.55. The maximum Gasteiger partial charge on any atom is 0.0502 e. The maximum absolute atomic E-state index is 5.74. The van der Waals surface area contributed by atoms with E-state index in [2.05, 4.69) is 63.7 Å². The molecule has 0 bridgehead atoms. The van der Waals surface area contributed by atoms with Crippen molar-refractivity contribution in [1.29, 1.82) is 0 Å². The van der Waals surface area contributed by atoms with Crippen LogP contribution in [-0.4, -0.2) is 34.5 Å². The highest BCUT2D eigenvalue weighted by molar-refractivity contribution is 9.09. The van der Waals surface area contributed by atoms with Crippen LogP contribution in [-0.2, 0) is 4.74 Å². The average molecular weight is 474 g/mol. The van der Waals surface area contributed by atoms with Gasteiger partial charge in [0, 0.05) is 21.3 Å². The predicted octanol–water partition coefficient (Wildman–Crippen LogP) is 4.60. The lowest BCUT2D eigenvalue weighted by molar-refractivity contribution is 0.0815. The molecule has 0 aromatic heterocycles. The minimum Gasteiger partial charge on any atom is -0.381 e. The van der Waals surface area contributed by atoms with E-state index >= 15 is 0 Å². The Morgan fingerprint density at radius 1 is 0.733 bits per heavy atom. The number of rotatable bonds is 10. The Labute approximate surface area is 127 Å². The first-order valence-electron chi connectivity index (χ1n) is 5.10. The van der Waals surface area contributed by atoms with Gasteiger partial charge in [-0.25, -0.2) is 0 Å². The summed E-state index contributed by atoms with van der Waals surface area (Å²) >= 11 is 13.9. The van der Waals surface area contributed by atoms with Crippen molar-refractivity contribution < 1.29 is 4.74 Å². The van der Waals surface area contributed by atoms with Gasteiger partial charge < -0.3 is 4.74 Å². The molecule has 0 N–H and O–H groups in total. The molecular weight excluding hydrogens is 456 g/mol. The van der Waals surface area contributed by atoms with Gasteiger partial charge in [-0.05, 0) is 24.7 Å². The van der Waals surface area contributed by atoms with Crippen LogP contribution >= 0.6 is 63.7 Å². The Bertz CT molecular complexity index is 121. The molecule has 15 heavy (non-hydrogen) atoms. The molecule has 0 radical (unpaired) electrons. The van der Waals surface area contributed by atoms with Crippen molar-refractivity contribution in [3.8, 4) is 0 Å². The second-order valence-electron chi connectivity index (χ2n) is 3.53. The van der Waals surface area contributed by atoms with Crippen LogP contribution in [0.2, 0.25) is 0 Å². The van der Waals surface area contributed by atoms with E-state index in [-0.39, 0.29) is 0 Å². The fourth-order valence-corrected chi connectivity index (χ4v) is 3.44. The average Bonchev–Trinajstić information content (AvgIpc) is 2.26. The van der Waals surface area contributed by atoms with E-state index in [0.717, 1.165) is 34.5 Å². The van der Waals surface area contributed by atoms with Gasteiger partial charge in [0.05, 0.1) is 13.2 Å². The van der Waals surface area contributed by atoms with Crippen LogP contribution in [0.4, 0.5) is 0 Å². The highest BCUT2D eigenvalue weighted by Gasteiger charge is 2.10. The van der Waals surface area contributed by atoms with E-state index in [0.29, 0.717) is 11.8 Å². The summed E-state index contributed by atoms with van der Waals surface area (Å²) in [6, 6.07) is 0. The first-order chi connectivity index (χ1) is 7.28. The Morgan fingerprint density at radius 2 is 1.13 bits per heavy atom. The Morgan fingerprint density at radius 3 is 1.40 bits per heavy atom. The van der Waals surface area contributed by atoms with Gasteiger partial charge in [0.15, 0.2) is 0 Å². The van der Waals surface area contributed by atoms with Crippen molar-refractivity contribution in [2.75, 3.05) is 34.5 Å². The molecule has 2 atom stereocenters. The molecule has 0 aliphatic carbocycles. The van der Waals surface area contributed by atoms with E-state index < -0.39 is 0 Å². The number of hydrogen-bond acceptors (Lipinski definition) is 1. The first kappa shape index (κ1) is 16.9. The van der Waals surface area contributed by atoms with Crippen molar-refractivity contribution >= 4 is 63.7 Å². The molecule has 0 saturated carbocycles. The second kappa shape index (κ2) is 12.3. The number of ether oxygens (including phenoxy) is 1. The summed E-state index contributed by atoms with van der Waals surface area (Å²) in [5.41, 5.74) is 0. The fraction of sp³-hybridized carbons (Fsp3) is 1.00. The van der Waals surface area contributed by atoms with Crippen LogP contribution in [0.5, 0.6) is 0 Å². The van der Waals surface area contributed by atoms with Gasteiger partial charge >= 0.3 is 0 Å². The zero-order chi connectivity index (χ0) is 11.5. The molecule has 0 aromatic carbocycles. The highest BCUT2D eigenvalue weighted by atomic mass is 79.9. The van der Waals surface area contributed by atoms with Crippen LogP contribution in [0.1, 0.15) is 12.8 Å². The van der Waals surface area contributed by atoms with Crippen molar-refractivity contribution in [2.45, 2.75) is 12.8 Å². The number of hydrogen-bond donors (Lipinski definition) is 0. The molecule has 0 aromatic rings. The van der Waals surface area contributed by atoms with Crippen molar-refractivity contribution in [1.82, 2.24) is 0 Å². The summed E-state index contributed by atoms with van der Waals surface area (Å²) < 4.78 is 5.74. The van der Waals surface area contributed by atoms with Gasteiger partial charge in [0.1, 0.15) is 0 Å². The van der Waals surface area contributed by atoms with Gasteiger partial charge in [-0.3, -0.25) is 0 Å². The fourth-order valence-electron chi connectivity index (χ4n) is 1.12. The molecule has 0 saturated heterocycles. The normalized spacial score (nSPS) is 15.2. The summed E-state index contributed by atoms with van der Waals surface area (Å²) in [5.74, 6) is 1.26. The lowest BCUT2D eigenvalue weighted by Crippen LogP contribution is -2.17. The summed E-state index contributed by atoms with van der Waals surface area (Å²) in [5, 5.41) is 4.15. The van der Waals surface area contributed by atoms with Crippen LogP contribution in [0, 0.1) is 11.8 Å². The summed E-state index contributed by atoms with van der Waals surface area (Å²) in [4.78, 5) is 0. The minimum atomic E-state index is 0.629. The number of alkyl halides is 4. The third-order valence-electron chi connectivity index (χ3n) is 2.18. The molecule has 0 spiro atoms. The van der Waals surface area contributed by atoms with E-state index in [4.69, 9.17) is 4.74 Å². The van der Waals surface area contributed by atoms with E-state index in [9.17, 15) is 0 Å². The monoisotopic (exact) mass is 470 g/mol. The molecule has 0 aliphatic heterocycles. The second-order valence-corrected chi connectivity index (χ2v) is 6.41. The topological polar surface area (TPSA) is 9.23 Å². The molecule has 0 heterocycles. The summed E-state index contributed by atoms with van der Waals surface area (Å²) in [7, 11) is 0. The van der Waals surface area contributed by atoms with Crippen LogP contribution in [0.15, 0.2) is 0 Å². The van der Waals surface area contributed by atoms with Gasteiger partial charge in [0.25, 0.3) is 0 Å². The first-order valence-corrected chi connectivity index (χ1v) is 9.58. The van der Waals surface area contributed by atoms with Crippen LogP contribution in [0.3, 0.4) is 0 Å². The van der Waals surface area contributed by atoms with Gasteiger partial charge in [-0.15, -0.1) is 0 Å². The zero-order valence-electron chi connectivity index (χ0n) is 8.73. The molecule has 0 rings (SSSR count). The van der Waals surface area contributed by atoms with Crippen LogP contribution in [0.25, 0.3) is 0 Å². The third-order valence-corrected chi connectivity index (χ3v) is 4.93. The SMILES string of the molecule is BrCCC(CBr)COCC(CBr)CCBr. The van der Waals surface area contributed by atoms with Gasteiger partial charge in [-0.1, -0.05) is 63.7 Å². The molecule has 1 nitrogen and oxygen atoms in total. The van der Waals surface area contributed by atoms with E-state index in [1.54, 1.807) is 0 Å². The van der Waals surface area contributed by atoms with Crippen molar-refractivity contribution in [2.24, 2.45) is 11.8 Å². The molecule has 0 aliphatic rings. The quantitative estimate of drug-likeness (QED) is 0.422. The highest BCUT2D eigenvalue weighted by Crippen LogP contribution is 2.13. The largest absolute Gasteiger partial charge is 0.381 e. The molecule has 5 heteroatoms. The summed E-state index contributed by atoms with van der Waals surface area (Å²) in [6.07, 6.45) is 2.34. The van der Waals surface area contributed by atoms with Crippen molar-refractivity contribution in [3.05, 3.63) is 0 Å². The Hall–Kier alpha value is 1.88. The summed E-state index contributed by atoms with van der Waals surface area (Å²) in [6.45, 7) is 1.73. The van der Waals surface area contributed by atoms with Gasteiger partial charge in [0.2, 0.25) is 0 Å². The number of halogens is 4. The predicted molar refractivity (Wildman–Crippen MR) is 82.2 cm³/mol. The molecule has 0 amide bonds. The van der Waals surface area contributed by atoms with E-state index in [1.165, 1.54) is 12.8 Å². The lowest BCUT2D eigenvalue weighted by atomic mass is 10.1. The molecule has 92 valence electrons. The maximum atomic E-state index is 5.74. The van der Waals surface area contributed by atoms with Gasteiger partial charge in [-0.2, -0.15) is 0 Å². The minimum absolute atomic E-state index is 0.629. The molecule has 0 fully saturated rings. The molecule has 2 unspecified atom stereocenters. The standard InChI is InChI=1S/C10H18Br4O/c11-3-1-9(5-13)7-15-8-10(6-14)2-4-12/h9-10H,1-8H2. The van der Waals surface area contributed by atoms with Crippen molar-refractivity contribution in [3.63, 3.8) is 0 Å². The smallest absolute Gasteiger partial charge is 0.0502 e. The third kappa shape index (κ3) is 9.57. The van der Waals surface area contributed by atoms with E-state index in [1.807, 2.05) is 0 Å².